The summed E-state index contributed by atoms with van der Waals surface area (Å²) in [5, 5.41) is 3.91. The van der Waals surface area contributed by atoms with Gasteiger partial charge in [0.15, 0.2) is 0 Å². The second-order valence-corrected chi connectivity index (χ2v) is 5.69. The third-order valence-electron chi connectivity index (χ3n) is 3.91. The first-order valence-electron chi connectivity index (χ1n) is 8.19. The van der Waals surface area contributed by atoms with Gasteiger partial charge in [-0.2, -0.15) is 5.10 Å². The van der Waals surface area contributed by atoms with Gasteiger partial charge in [-0.3, -0.25) is 9.59 Å². The topological polar surface area (TPSA) is 61.8 Å². The Kier molecular flexibility index (Phi) is 5.36. The molecule has 25 heavy (non-hydrogen) atoms. The second kappa shape index (κ2) is 8.06. The summed E-state index contributed by atoms with van der Waals surface area (Å²) in [5.74, 6) is -0.209. The highest BCUT2D eigenvalue weighted by atomic mass is 16.2. The fraction of sp³-hybridized carbons (Fsp3) is 0.150. The lowest BCUT2D eigenvalue weighted by Crippen LogP contribution is -2.24. The van der Waals surface area contributed by atoms with Gasteiger partial charge in [0.25, 0.3) is 5.91 Å². The minimum Gasteiger partial charge on any atom is -0.312 e. The Bertz CT molecular complexity index is 813. The first-order chi connectivity index (χ1) is 12.2. The van der Waals surface area contributed by atoms with Crippen LogP contribution in [0.4, 0.5) is 5.69 Å². The van der Waals surface area contributed by atoms with E-state index in [4.69, 9.17) is 0 Å². The van der Waals surface area contributed by atoms with Crippen LogP contribution in [0.2, 0.25) is 0 Å². The molecule has 5 nitrogen and oxygen atoms in total. The predicted molar refractivity (Wildman–Crippen MR) is 99.5 cm³/mol. The molecule has 5 heteroatoms. The van der Waals surface area contributed by atoms with Gasteiger partial charge in [-0.25, -0.2) is 5.43 Å². The van der Waals surface area contributed by atoms with Crippen LogP contribution in [0.25, 0.3) is 6.08 Å². The van der Waals surface area contributed by atoms with E-state index in [1.807, 2.05) is 42.5 Å². The first-order valence-corrected chi connectivity index (χ1v) is 8.19. The third kappa shape index (κ3) is 4.41. The maximum absolute atomic E-state index is 12.2. The van der Waals surface area contributed by atoms with E-state index in [-0.39, 0.29) is 11.8 Å². The Morgan fingerprint density at radius 1 is 1.12 bits per heavy atom. The summed E-state index contributed by atoms with van der Waals surface area (Å²) in [5.41, 5.74) is 4.78. The molecule has 0 atom stereocenters. The number of amides is 2. The van der Waals surface area contributed by atoms with Gasteiger partial charge in [-0.15, -0.1) is 0 Å². The van der Waals surface area contributed by atoms with Crippen molar-refractivity contribution in [2.24, 2.45) is 5.10 Å². The summed E-state index contributed by atoms with van der Waals surface area (Å²) in [6, 6.07) is 16.9. The molecule has 0 spiro atoms. The van der Waals surface area contributed by atoms with Crippen LogP contribution in [0.1, 0.15) is 28.8 Å². The zero-order chi connectivity index (χ0) is 17.5. The lowest BCUT2D eigenvalue weighted by Gasteiger charge is -2.16. The maximum atomic E-state index is 12.2. The molecule has 1 saturated heterocycles. The van der Waals surface area contributed by atoms with E-state index >= 15 is 0 Å². The quantitative estimate of drug-likeness (QED) is 0.674. The van der Waals surface area contributed by atoms with Crippen molar-refractivity contribution in [2.75, 3.05) is 11.4 Å². The molecule has 0 saturated carbocycles. The number of rotatable bonds is 5. The molecule has 0 bridgehead atoms. The lowest BCUT2D eigenvalue weighted by atomic mass is 10.2. The Morgan fingerprint density at radius 2 is 1.96 bits per heavy atom. The van der Waals surface area contributed by atoms with Crippen LogP contribution in [-0.4, -0.2) is 24.6 Å². The molecule has 1 N–H and O–H groups in total. The minimum atomic E-state index is -0.308. The summed E-state index contributed by atoms with van der Waals surface area (Å²) < 4.78 is 0. The minimum absolute atomic E-state index is 0.0987. The van der Waals surface area contributed by atoms with Crippen LogP contribution in [0.3, 0.4) is 0 Å². The molecule has 0 aliphatic carbocycles. The Hall–Kier alpha value is -3.21. The average molecular weight is 333 g/mol. The van der Waals surface area contributed by atoms with Crippen LogP contribution in [0, 0.1) is 0 Å². The van der Waals surface area contributed by atoms with Gasteiger partial charge in [-0.05, 0) is 36.3 Å². The number of nitrogens with zero attached hydrogens (tertiary/aromatic N) is 2. The smallest absolute Gasteiger partial charge is 0.271 e. The summed E-state index contributed by atoms with van der Waals surface area (Å²) in [6.07, 6.45) is 6.60. The molecule has 1 aliphatic rings. The molecule has 0 unspecified atom stereocenters. The largest absolute Gasteiger partial charge is 0.312 e. The highest BCUT2D eigenvalue weighted by molar-refractivity contribution is 5.99. The molecule has 2 aromatic carbocycles. The Morgan fingerprint density at radius 3 is 2.72 bits per heavy atom. The van der Waals surface area contributed by atoms with Crippen molar-refractivity contribution in [1.29, 1.82) is 0 Å². The second-order valence-electron chi connectivity index (χ2n) is 5.69. The van der Waals surface area contributed by atoms with Crippen molar-refractivity contribution in [3.05, 3.63) is 71.8 Å². The van der Waals surface area contributed by atoms with Crippen molar-refractivity contribution in [3.63, 3.8) is 0 Å². The van der Waals surface area contributed by atoms with E-state index < -0.39 is 0 Å². The van der Waals surface area contributed by atoms with Gasteiger partial charge in [-0.1, -0.05) is 42.5 Å². The summed E-state index contributed by atoms with van der Waals surface area (Å²) in [6.45, 7) is 0.701. The van der Waals surface area contributed by atoms with E-state index in [0.29, 0.717) is 18.5 Å². The number of carbonyl (C=O) groups is 2. The van der Waals surface area contributed by atoms with Crippen molar-refractivity contribution < 1.29 is 9.59 Å². The van der Waals surface area contributed by atoms with E-state index in [2.05, 4.69) is 10.5 Å². The number of hydrazone groups is 1. The molecule has 1 fully saturated rings. The van der Waals surface area contributed by atoms with Crippen molar-refractivity contribution >= 4 is 29.8 Å². The molecule has 126 valence electrons. The van der Waals surface area contributed by atoms with E-state index in [0.717, 1.165) is 17.7 Å². The van der Waals surface area contributed by atoms with Crippen LogP contribution in [0.5, 0.6) is 0 Å². The van der Waals surface area contributed by atoms with E-state index in [1.54, 1.807) is 29.2 Å². The number of nitrogens with one attached hydrogen (secondary N) is 1. The molecule has 2 amide bonds. The molecule has 3 rings (SSSR count). The van der Waals surface area contributed by atoms with Gasteiger partial charge in [0, 0.05) is 30.4 Å². The predicted octanol–water partition coefficient (Wildman–Crippen LogP) is 3.24. The number of hydrogen-bond acceptors (Lipinski definition) is 3. The molecule has 1 aliphatic heterocycles. The molecule has 0 aromatic heterocycles. The average Bonchev–Trinajstić information content (AvgIpc) is 3.08. The van der Waals surface area contributed by atoms with Gasteiger partial charge >= 0.3 is 0 Å². The van der Waals surface area contributed by atoms with Gasteiger partial charge in [0.1, 0.15) is 0 Å². The number of anilines is 1. The summed E-state index contributed by atoms with van der Waals surface area (Å²) >= 11 is 0. The van der Waals surface area contributed by atoms with Crippen LogP contribution >= 0.6 is 0 Å². The van der Waals surface area contributed by atoms with Crippen LogP contribution in [0.15, 0.2) is 65.8 Å². The molecule has 2 aromatic rings. The summed E-state index contributed by atoms with van der Waals surface area (Å²) in [7, 11) is 0. The Balaban J connectivity index is 1.59. The first kappa shape index (κ1) is 16.6. The lowest BCUT2D eigenvalue weighted by molar-refractivity contribution is -0.117. The SMILES string of the molecule is O=C(NN=CC=Cc1ccccc1)c1cccc(N2CCCC2=O)c1. The van der Waals surface area contributed by atoms with Crippen LogP contribution < -0.4 is 10.3 Å². The van der Waals surface area contributed by atoms with Crippen molar-refractivity contribution in [2.45, 2.75) is 12.8 Å². The number of allylic oxidation sites excluding steroid dienone is 1. The van der Waals surface area contributed by atoms with Gasteiger partial charge < -0.3 is 4.90 Å². The highest BCUT2D eigenvalue weighted by Crippen LogP contribution is 2.22. The Labute approximate surface area is 146 Å². The van der Waals surface area contributed by atoms with Gasteiger partial charge in [0.05, 0.1) is 0 Å². The summed E-state index contributed by atoms with van der Waals surface area (Å²) in [4.78, 5) is 25.7. The zero-order valence-electron chi connectivity index (χ0n) is 13.8. The van der Waals surface area contributed by atoms with Crippen molar-refractivity contribution in [1.82, 2.24) is 5.43 Å². The normalized spacial score (nSPS) is 14.6. The fourth-order valence-corrected chi connectivity index (χ4v) is 2.66. The highest BCUT2D eigenvalue weighted by Gasteiger charge is 2.22. The van der Waals surface area contributed by atoms with Gasteiger partial charge in [0.2, 0.25) is 5.91 Å². The number of carbonyl (C=O) groups excluding carboxylic acids is 2. The fourth-order valence-electron chi connectivity index (χ4n) is 2.66. The van der Waals surface area contributed by atoms with E-state index in [1.165, 1.54) is 6.21 Å². The van der Waals surface area contributed by atoms with Crippen LogP contribution in [-0.2, 0) is 4.79 Å². The van der Waals surface area contributed by atoms with E-state index in [9.17, 15) is 9.59 Å². The number of hydrogen-bond donors (Lipinski definition) is 1. The molecule has 1 heterocycles. The maximum Gasteiger partial charge on any atom is 0.271 e. The standard InChI is InChI=1S/C20H19N3O2/c24-19-12-6-14-23(19)18-11-4-10-17(15-18)20(25)22-21-13-5-9-16-7-2-1-3-8-16/h1-5,7-11,13,15H,6,12,14H2,(H,22,25). The third-order valence-corrected chi connectivity index (χ3v) is 3.91. The zero-order valence-corrected chi connectivity index (χ0v) is 13.8. The molecular weight excluding hydrogens is 314 g/mol. The number of benzene rings is 2. The molecule has 0 radical (unpaired) electrons. The molecular formula is C20H19N3O2. The van der Waals surface area contributed by atoms with Crippen molar-refractivity contribution in [3.8, 4) is 0 Å². The monoisotopic (exact) mass is 333 g/mol.